The number of nitrogens with one attached hydrogen (secondary N) is 2. The SMILES string of the molecule is CCCCCNC(=O)Nc1ccc(I)cc1C(=O)O. The molecule has 0 atom stereocenters. The first kappa shape index (κ1) is 15.7. The Hall–Kier alpha value is -1.31. The summed E-state index contributed by atoms with van der Waals surface area (Å²) in [6.45, 7) is 2.68. The monoisotopic (exact) mass is 376 g/mol. The Kier molecular flexibility index (Phi) is 6.61. The molecule has 1 aromatic rings. The summed E-state index contributed by atoms with van der Waals surface area (Å²) in [5.41, 5.74) is 0.400. The lowest BCUT2D eigenvalue weighted by molar-refractivity contribution is 0.0698. The second-order valence-electron chi connectivity index (χ2n) is 4.08. The van der Waals surface area contributed by atoms with Crippen molar-refractivity contribution in [3.05, 3.63) is 27.3 Å². The third-order valence-corrected chi connectivity index (χ3v) is 3.20. The smallest absolute Gasteiger partial charge is 0.337 e. The van der Waals surface area contributed by atoms with Crippen molar-refractivity contribution in [3.8, 4) is 0 Å². The van der Waals surface area contributed by atoms with Gasteiger partial charge in [-0.25, -0.2) is 9.59 Å². The molecule has 1 aromatic carbocycles. The highest BCUT2D eigenvalue weighted by molar-refractivity contribution is 14.1. The number of carbonyl (C=O) groups excluding carboxylic acids is 1. The molecule has 0 aliphatic heterocycles. The molecular formula is C13H17IN2O3. The van der Waals surface area contributed by atoms with Crippen LogP contribution in [0.5, 0.6) is 0 Å². The van der Waals surface area contributed by atoms with E-state index < -0.39 is 5.97 Å². The summed E-state index contributed by atoms with van der Waals surface area (Å²) in [7, 11) is 0. The van der Waals surface area contributed by atoms with E-state index in [1.807, 2.05) is 22.6 Å². The third kappa shape index (κ3) is 5.46. The standard InChI is InChI=1S/C13H17IN2O3/c1-2-3-4-7-15-13(19)16-11-6-5-9(14)8-10(11)12(17)18/h5-6,8H,2-4,7H2,1H3,(H,17,18)(H2,15,16,19). The number of rotatable bonds is 6. The zero-order valence-electron chi connectivity index (χ0n) is 10.7. The Labute approximate surface area is 125 Å². The van der Waals surface area contributed by atoms with E-state index in [4.69, 9.17) is 5.11 Å². The fourth-order valence-corrected chi connectivity index (χ4v) is 2.04. The van der Waals surface area contributed by atoms with Gasteiger partial charge in [0.05, 0.1) is 11.3 Å². The largest absolute Gasteiger partial charge is 0.478 e. The number of halogens is 1. The van der Waals surface area contributed by atoms with E-state index in [9.17, 15) is 9.59 Å². The highest BCUT2D eigenvalue weighted by atomic mass is 127. The van der Waals surface area contributed by atoms with Gasteiger partial charge in [-0.15, -0.1) is 0 Å². The molecule has 19 heavy (non-hydrogen) atoms. The maximum atomic E-state index is 11.6. The molecule has 0 saturated carbocycles. The molecule has 0 aromatic heterocycles. The number of carbonyl (C=O) groups is 2. The second kappa shape index (κ2) is 7.98. The number of hydrogen-bond acceptors (Lipinski definition) is 2. The fourth-order valence-electron chi connectivity index (χ4n) is 1.55. The maximum absolute atomic E-state index is 11.6. The summed E-state index contributed by atoms with van der Waals surface area (Å²) < 4.78 is 0.809. The molecule has 0 spiro atoms. The summed E-state index contributed by atoms with van der Waals surface area (Å²) >= 11 is 2.03. The fraction of sp³-hybridized carbons (Fsp3) is 0.385. The molecule has 6 heteroatoms. The molecule has 0 radical (unpaired) electrons. The molecule has 0 heterocycles. The van der Waals surface area contributed by atoms with Gasteiger partial charge in [0, 0.05) is 10.1 Å². The van der Waals surface area contributed by atoms with Gasteiger partial charge in [0.25, 0.3) is 0 Å². The topological polar surface area (TPSA) is 78.4 Å². The average molecular weight is 376 g/mol. The Morgan fingerprint density at radius 1 is 1.32 bits per heavy atom. The molecule has 0 fully saturated rings. The Morgan fingerprint density at radius 2 is 2.05 bits per heavy atom. The van der Waals surface area contributed by atoms with Gasteiger partial charge in [0.15, 0.2) is 0 Å². The van der Waals surface area contributed by atoms with Crippen molar-refractivity contribution in [1.82, 2.24) is 5.32 Å². The lowest BCUT2D eigenvalue weighted by Crippen LogP contribution is -2.30. The van der Waals surface area contributed by atoms with Crippen LogP contribution in [0.4, 0.5) is 10.5 Å². The predicted molar refractivity (Wildman–Crippen MR) is 82.7 cm³/mol. The van der Waals surface area contributed by atoms with Gasteiger partial charge < -0.3 is 15.7 Å². The molecule has 0 aliphatic rings. The molecule has 0 unspecified atom stereocenters. The quantitative estimate of drug-likeness (QED) is 0.527. The summed E-state index contributed by atoms with van der Waals surface area (Å²) in [5.74, 6) is -1.06. The number of anilines is 1. The maximum Gasteiger partial charge on any atom is 0.337 e. The second-order valence-corrected chi connectivity index (χ2v) is 5.33. The first-order chi connectivity index (χ1) is 9.04. The molecule has 1 rings (SSSR count). The number of carboxylic acids is 1. The number of carboxylic acid groups (broad SMARTS) is 1. The van der Waals surface area contributed by atoms with Crippen LogP contribution in [0.3, 0.4) is 0 Å². The van der Waals surface area contributed by atoms with Crippen molar-refractivity contribution in [2.45, 2.75) is 26.2 Å². The lowest BCUT2D eigenvalue weighted by atomic mass is 10.2. The van der Waals surface area contributed by atoms with Crippen LogP contribution in [0.15, 0.2) is 18.2 Å². The highest BCUT2D eigenvalue weighted by Crippen LogP contribution is 2.18. The van der Waals surface area contributed by atoms with Crippen LogP contribution < -0.4 is 10.6 Å². The first-order valence-electron chi connectivity index (χ1n) is 6.12. The summed E-state index contributed by atoms with van der Waals surface area (Å²) in [4.78, 5) is 22.7. The summed E-state index contributed by atoms with van der Waals surface area (Å²) in [6.07, 6.45) is 3.07. The number of aromatic carboxylic acids is 1. The van der Waals surface area contributed by atoms with Crippen molar-refractivity contribution >= 4 is 40.3 Å². The highest BCUT2D eigenvalue weighted by Gasteiger charge is 2.12. The lowest BCUT2D eigenvalue weighted by Gasteiger charge is -2.10. The number of amides is 2. The van der Waals surface area contributed by atoms with Crippen molar-refractivity contribution < 1.29 is 14.7 Å². The van der Waals surface area contributed by atoms with E-state index in [0.29, 0.717) is 12.2 Å². The predicted octanol–water partition coefficient (Wildman–Crippen LogP) is 3.30. The van der Waals surface area contributed by atoms with E-state index in [1.54, 1.807) is 12.1 Å². The number of benzene rings is 1. The van der Waals surface area contributed by atoms with Crippen molar-refractivity contribution in [3.63, 3.8) is 0 Å². The van der Waals surface area contributed by atoms with E-state index in [1.165, 1.54) is 6.07 Å². The minimum atomic E-state index is -1.06. The Morgan fingerprint density at radius 3 is 2.68 bits per heavy atom. The van der Waals surface area contributed by atoms with E-state index in [0.717, 1.165) is 22.8 Å². The number of urea groups is 1. The number of unbranched alkanes of at least 4 members (excludes halogenated alkanes) is 2. The van der Waals surface area contributed by atoms with Gasteiger partial charge in [-0.05, 0) is 47.2 Å². The minimum absolute atomic E-state index is 0.0932. The molecular weight excluding hydrogens is 359 g/mol. The number of hydrogen-bond donors (Lipinski definition) is 3. The molecule has 0 saturated heterocycles. The molecule has 0 bridgehead atoms. The van der Waals surface area contributed by atoms with Crippen LogP contribution in [0, 0.1) is 3.57 Å². The van der Waals surface area contributed by atoms with Crippen molar-refractivity contribution in [2.24, 2.45) is 0 Å². The molecule has 0 aliphatic carbocycles. The Balaban J connectivity index is 2.61. The van der Waals surface area contributed by atoms with E-state index in [-0.39, 0.29) is 11.6 Å². The van der Waals surface area contributed by atoms with Crippen molar-refractivity contribution in [1.29, 1.82) is 0 Å². The average Bonchev–Trinajstić information content (AvgIpc) is 2.36. The van der Waals surface area contributed by atoms with Crippen LogP contribution in [-0.2, 0) is 0 Å². The van der Waals surface area contributed by atoms with Crippen molar-refractivity contribution in [2.75, 3.05) is 11.9 Å². The summed E-state index contributed by atoms with van der Waals surface area (Å²) in [6, 6.07) is 4.49. The van der Waals surface area contributed by atoms with Crippen LogP contribution in [0.25, 0.3) is 0 Å². The molecule has 104 valence electrons. The van der Waals surface area contributed by atoms with Crippen LogP contribution >= 0.6 is 22.6 Å². The molecule has 2 amide bonds. The van der Waals surface area contributed by atoms with Gasteiger partial charge in [-0.3, -0.25) is 0 Å². The van der Waals surface area contributed by atoms with Crippen LogP contribution in [0.1, 0.15) is 36.5 Å². The summed E-state index contributed by atoms with van der Waals surface area (Å²) in [5, 5.41) is 14.3. The van der Waals surface area contributed by atoms with Gasteiger partial charge >= 0.3 is 12.0 Å². The zero-order valence-corrected chi connectivity index (χ0v) is 12.9. The third-order valence-electron chi connectivity index (χ3n) is 2.53. The van der Waals surface area contributed by atoms with Crippen LogP contribution in [-0.4, -0.2) is 23.7 Å². The normalized spacial score (nSPS) is 10.0. The molecule has 5 nitrogen and oxygen atoms in total. The van der Waals surface area contributed by atoms with Crippen LogP contribution in [0.2, 0.25) is 0 Å². The van der Waals surface area contributed by atoms with Gasteiger partial charge in [-0.2, -0.15) is 0 Å². The van der Waals surface area contributed by atoms with Gasteiger partial charge in [-0.1, -0.05) is 19.8 Å². The Bertz CT molecular complexity index is 463. The van der Waals surface area contributed by atoms with E-state index >= 15 is 0 Å². The van der Waals surface area contributed by atoms with Gasteiger partial charge in [0.1, 0.15) is 0 Å². The minimum Gasteiger partial charge on any atom is -0.478 e. The van der Waals surface area contributed by atoms with E-state index in [2.05, 4.69) is 17.6 Å². The zero-order chi connectivity index (χ0) is 14.3. The first-order valence-corrected chi connectivity index (χ1v) is 7.20. The van der Waals surface area contributed by atoms with Gasteiger partial charge in [0.2, 0.25) is 0 Å². The molecule has 3 N–H and O–H groups in total.